The summed E-state index contributed by atoms with van der Waals surface area (Å²) in [4.78, 5) is 19.0. The fraction of sp³-hybridized carbons (Fsp3) is 0.227. The maximum atomic E-state index is 12.7. The summed E-state index contributed by atoms with van der Waals surface area (Å²) in [5.74, 6) is -0.641. The molecule has 3 atom stereocenters. The van der Waals surface area contributed by atoms with Crippen molar-refractivity contribution >= 4 is 27.8 Å². The first-order valence-electron chi connectivity index (χ1n) is 9.44. The molecule has 2 aromatic heterocycles. The van der Waals surface area contributed by atoms with Crippen molar-refractivity contribution in [3.8, 4) is 0 Å². The maximum Gasteiger partial charge on any atom is 0.323 e. The van der Waals surface area contributed by atoms with Crippen molar-refractivity contribution in [2.75, 3.05) is 6.61 Å². The van der Waals surface area contributed by atoms with Crippen LogP contribution in [-0.2, 0) is 16.0 Å². The van der Waals surface area contributed by atoms with Crippen LogP contribution in [0, 0.1) is 0 Å². The molecule has 0 aliphatic rings. The molecule has 6 N–H and O–H groups in total. The summed E-state index contributed by atoms with van der Waals surface area (Å²) < 4.78 is 5.57. The van der Waals surface area contributed by atoms with Gasteiger partial charge in [-0.2, -0.15) is 0 Å². The number of aliphatic hydroxyl groups excluding tert-OH is 2. The second kappa shape index (κ2) is 8.08. The number of esters is 1. The van der Waals surface area contributed by atoms with E-state index in [2.05, 4.69) is 9.97 Å². The Bertz CT molecular complexity index is 1130. The number of benzene rings is 2. The average Bonchev–Trinajstić information content (AvgIpc) is 3.36. The van der Waals surface area contributed by atoms with Crippen molar-refractivity contribution in [2.24, 2.45) is 5.73 Å². The Balaban J connectivity index is 1.55. The third kappa shape index (κ3) is 3.75. The first-order chi connectivity index (χ1) is 14.1. The average molecular weight is 393 g/mol. The SMILES string of the molecule is N[C@@H](Cc1c[nH]c2ccccc12)C(=O)OC(c1c[nH]c2ccccc12)C(O)CO. The Morgan fingerprint density at radius 3 is 2.34 bits per heavy atom. The highest BCUT2D eigenvalue weighted by Crippen LogP contribution is 2.29. The minimum Gasteiger partial charge on any atom is -0.453 e. The minimum atomic E-state index is -1.27. The van der Waals surface area contributed by atoms with Gasteiger partial charge in [-0.25, -0.2) is 0 Å². The van der Waals surface area contributed by atoms with E-state index in [1.807, 2.05) is 54.7 Å². The molecule has 0 aliphatic heterocycles. The zero-order chi connectivity index (χ0) is 20.4. The Morgan fingerprint density at radius 2 is 1.62 bits per heavy atom. The quantitative estimate of drug-likeness (QED) is 0.308. The normalized spacial score (nSPS) is 14.7. The summed E-state index contributed by atoms with van der Waals surface area (Å²) in [7, 11) is 0. The highest BCUT2D eigenvalue weighted by Gasteiger charge is 2.29. The number of hydrogen-bond acceptors (Lipinski definition) is 5. The molecule has 7 nitrogen and oxygen atoms in total. The summed E-state index contributed by atoms with van der Waals surface area (Å²) in [5.41, 5.74) is 9.43. The van der Waals surface area contributed by atoms with Gasteiger partial charge in [0, 0.05) is 46.2 Å². The van der Waals surface area contributed by atoms with E-state index in [1.54, 1.807) is 6.20 Å². The maximum absolute atomic E-state index is 12.7. The lowest BCUT2D eigenvalue weighted by atomic mass is 10.0. The van der Waals surface area contributed by atoms with Gasteiger partial charge >= 0.3 is 5.97 Å². The Kier molecular flexibility index (Phi) is 5.35. The van der Waals surface area contributed by atoms with Gasteiger partial charge in [0.25, 0.3) is 0 Å². The number of nitrogens with two attached hydrogens (primary N) is 1. The Morgan fingerprint density at radius 1 is 1.00 bits per heavy atom. The summed E-state index contributed by atoms with van der Waals surface area (Å²) in [6, 6.07) is 14.3. The fourth-order valence-electron chi connectivity index (χ4n) is 3.61. The largest absolute Gasteiger partial charge is 0.453 e. The van der Waals surface area contributed by atoms with E-state index < -0.39 is 30.8 Å². The van der Waals surface area contributed by atoms with Gasteiger partial charge in [0.2, 0.25) is 0 Å². The van der Waals surface area contributed by atoms with E-state index in [-0.39, 0.29) is 0 Å². The molecule has 2 aromatic carbocycles. The molecule has 0 radical (unpaired) electrons. The van der Waals surface area contributed by atoms with Crippen LogP contribution in [0.2, 0.25) is 0 Å². The first kappa shape index (κ1) is 19.2. The standard InChI is InChI=1S/C22H23N3O4/c23-17(9-13-10-24-18-7-3-1-5-14(13)18)22(28)29-21(20(27)12-26)16-11-25-19-8-4-2-6-15(16)19/h1-8,10-11,17,20-21,24-27H,9,12,23H2/t17-,20?,21?/m0/s1. The van der Waals surface area contributed by atoms with Crippen LogP contribution in [-0.4, -0.2) is 44.9 Å². The van der Waals surface area contributed by atoms with Crippen molar-refractivity contribution in [3.05, 3.63) is 72.1 Å². The molecule has 4 aromatic rings. The molecule has 2 heterocycles. The minimum absolute atomic E-state index is 0.290. The van der Waals surface area contributed by atoms with E-state index in [9.17, 15) is 15.0 Å². The van der Waals surface area contributed by atoms with Crippen LogP contribution in [0.3, 0.4) is 0 Å². The van der Waals surface area contributed by atoms with Crippen molar-refractivity contribution in [1.82, 2.24) is 9.97 Å². The molecule has 150 valence electrons. The second-order valence-electron chi connectivity index (χ2n) is 7.07. The number of aromatic amines is 2. The number of carbonyl (C=O) groups is 1. The van der Waals surface area contributed by atoms with E-state index in [0.717, 1.165) is 27.4 Å². The molecule has 4 rings (SSSR count). The number of rotatable bonds is 7. The number of aliphatic hydroxyl groups is 2. The van der Waals surface area contributed by atoms with E-state index >= 15 is 0 Å². The lowest BCUT2D eigenvalue weighted by molar-refractivity contribution is -0.158. The van der Waals surface area contributed by atoms with Crippen molar-refractivity contribution in [2.45, 2.75) is 24.7 Å². The molecule has 29 heavy (non-hydrogen) atoms. The lowest BCUT2D eigenvalue weighted by Gasteiger charge is -2.23. The zero-order valence-electron chi connectivity index (χ0n) is 15.7. The number of H-pyrrole nitrogens is 2. The Labute approximate surface area is 167 Å². The third-order valence-electron chi connectivity index (χ3n) is 5.12. The van der Waals surface area contributed by atoms with Gasteiger partial charge in [0.1, 0.15) is 12.1 Å². The molecule has 0 fully saturated rings. The zero-order valence-corrected chi connectivity index (χ0v) is 15.7. The fourth-order valence-corrected chi connectivity index (χ4v) is 3.61. The highest BCUT2D eigenvalue weighted by atomic mass is 16.6. The molecule has 0 bridgehead atoms. The van der Waals surface area contributed by atoms with Crippen LogP contribution in [0.25, 0.3) is 21.8 Å². The predicted molar refractivity (Wildman–Crippen MR) is 110 cm³/mol. The molecule has 0 aliphatic carbocycles. The van der Waals surface area contributed by atoms with Gasteiger partial charge in [-0.05, 0) is 17.7 Å². The third-order valence-corrected chi connectivity index (χ3v) is 5.12. The number of nitrogens with one attached hydrogen (secondary N) is 2. The van der Waals surface area contributed by atoms with Gasteiger partial charge in [0.15, 0.2) is 6.10 Å². The van der Waals surface area contributed by atoms with Gasteiger partial charge in [-0.3, -0.25) is 4.79 Å². The summed E-state index contributed by atoms with van der Waals surface area (Å²) in [5, 5.41) is 21.6. The first-order valence-corrected chi connectivity index (χ1v) is 9.44. The van der Waals surface area contributed by atoms with Crippen molar-refractivity contribution in [3.63, 3.8) is 0 Å². The molecule has 0 spiro atoms. The van der Waals surface area contributed by atoms with Crippen LogP contribution < -0.4 is 5.73 Å². The summed E-state index contributed by atoms with van der Waals surface area (Å²) in [6.45, 7) is -0.546. The Hall–Kier alpha value is -3.13. The lowest BCUT2D eigenvalue weighted by Crippen LogP contribution is -2.37. The number of fused-ring (bicyclic) bond motifs is 2. The highest BCUT2D eigenvalue weighted by molar-refractivity contribution is 5.86. The number of ether oxygens (including phenoxy) is 1. The van der Waals surface area contributed by atoms with Gasteiger partial charge in [0.05, 0.1) is 6.61 Å². The van der Waals surface area contributed by atoms with E-state index in [4.69, 9.17) is 10.5 Å². The van der Waals surface area contributed by atoms with Crippen LogP contribution in [0.1, 0.15) is 17.2 Å². The monoisotopic (exact) mass is 393 g/mol. The van der Waals surface area contributed by atoms with Gasteiger partial charge < -0.3 is 30.7 Å². The van der Waals surface area contributed by atoms with Crippen LogP contribution in [0.4, 0.5) is 0 Å². The molecular formula is C22H23N3O4. The summed E-state index contributed by atoms with van der Waals surface area (Å²) in [6.07, 6.45) is 1.50. The number of carbonyl (C=O) groups excluding carboxylic acids is 1. The number of para-hydroxylation sites is 2. The number of aromatic nitrogens is 2. The van der Waals surface area contributed by atoms with Crippen molar-refractivity contribution in [1.29, 1.82) is 0 Å². The predicted octanol–water partition coefficient (Wildman–Crippen LogP) is 2.16. The van der Waals surface area contributed by atoms with Gasteiger partial charge in [-0.1, -0.05) is 36.4 Å². The molecule has 2 unspecified atom stereocenters. The smallest absolute Gasteiger partial charge is 0.323 e. The van der Waals surface area contributed by atoms with Gasteiger partial charge in [-0.15, -0.1) is 0 Å². The molecule has 0 saturated carbocycles. The van der Waals surface area contributed by atoms with Crippen molar-refractivity contribution < 1.29 is 19.7 Å². The van der Waals surface area contributed by atoms with Crippen LogP contribution >= 0.6 is 0 Å². The van der Waals surface area contributed by atoms with Crippen LogP contribution in [0.5, 0.6) is 0 Å². The second-order valence-corrected chi connectivity index (χ2v) is 7.07. The molecular weight excluding hydrogens is 370 g/mol. The number of hydrogen-bond donors (Lipinski definition) is 5. The molecule has 0 amide bonds. The summed E-state index contributed by atoms with van der Waals surface area (Å²) >= 11 is 0. The van der Waals surface area contributed by atoms with Crippen LogP contribution in [0.15, 0.2) is 60.9 Å². The van der Waals surface area contributed by atoms with E-state index in [1.165, 1.54) is 0 Å². The topological polar surface area (TPSA) is 124 Å². The van der Waals surface area contributed by atoms with E-state index in [0.29, 0.717) is 12.0 Å². The molecule has 0 saturated heterocycles. The molecule has 7 heteroatoms.